The van der Waals surface area contributed by atoms with Crippen molar-refractivity contribution in [3.05, 3.63) is 11.3 Å². The summed E-state index contributed by atoms with van der Waals surface area (Å²) in [6.07, 6.45) is -4.85. The van der Waals surface area contributed by atoms with Crippen LogP contribution in [-0.2, 0) is 33.7 Å². The van der Waals surface area contributed by atoms with Crippen LogP contribution in [0, 0.1) is 0 Å². The predicted molar refractivity (Wildman–Crippen MR) is 88.4 cm³/mol. The number of aryl methyl sites for hydroxylation is 1. The van der Waals surface area contributed by atoms with Crippen molar-refractivity contribution in [2.75, 3.05) is 0 Å². The number of halogens is 3. The SMILES string of the molecule is Cn1nc(C(F)(F)F)c(CS(=O)(=O)C2=NOC(C)(C)C2)c1OC(C)(C)C. The Morgan fingerprint density at radius 2 is 1.85 bits per heavy atom. The van der Waals surface area contributed by atoms with Crippen LogP contribution >= 0.6 is 0 Å². The van der Waals surface area contributed by atoms with E-state index in [2.05, 4.69) is 10.3 Å². The van der Waals surface area contributed by atoms with E-state index in [9.17, 15) is 21.6 Å². The quantitative estimate of drug-likeness (QED) is 0.783. The molecule has 1 aromatic heterocycles. The molecule has 0 radical (unpaired) electrons. The standard InChI is InChI=1S/C15H22F3N3O4S/c1-13(2,3)24-12-9(11(15(16,17)18)19-21(12)6)8-26(22,23)10-7-14(4,5)25-20-10/h7-8H2,1-6H3. The highest BCUT2D eigenvalue weighted by atomic mass is 32.2. The van der Waals surface area contributed by atoms with Crippen LogP contribution in [-0.4, -0.2) is 34.4 Å². The molecule has 0 aromatic carbocycles. The summed E-state index contributed by atoms with van der Waals surface area (Å²) in [5.41, 5.74) is -3.50. The van der Waals surface area contributed by atoms with Crippen LogP contribution in [0.3, 0.4) is 0 Å². The molecule has 0 unspecified atom stereocenters. The Morgan fingerprint density at radius 1 is 1.27 bits per heavy atom. The maximum atomic E-state index is 13.4. The first-order valence-electron chi connectivity index (χ1n) is 7.82. The molecule has 0 N–H and O–H groups in total. The number of nitrogens with zero attached hydrogens (tertiary/aromatic N) is 3. The number of oxime groups is 1. The minimum Gasteiger partial charge on any atom is -0.472 e. The highest BCUT2D eigenvalue weighted by Gasteiger charge is 2.43. The summed E-state index contributed by atoms with van der Waals surface area (Å²) in [4.78, 5) is 5.03. The zero-order valence-corrected chi connectivity index (χ0v) is 16.2. The largest absolute Gasteiger partial charge is 0.472 e. The van der Waals surface area contributed by atoms with Crippen molar-refractivity contribution in [3.8, 4) is 5.88 Å². The molecule has 1 aliphatic rings. The summed E-state index contributed by atoms with van der Waals surface area (Å²) in [6.45, 7) is 8.20. The average molecular weight is 397 g/mol. The first-order valence-corrected chi connectivity index (χ1v) is 9.47. The maximum Gasteiger partial charge on any atom is 0.435 e. The van der Waals surface area contributed by atoms with Crippen molar-refractivity contribution in [1.82, 2.24) is 9.78 Å². The smallest absolute Gasteiger partial charge is 0.435 e. The van der Waals surface area contributed by atoms with Gasteiger partial charge in [0.25, 0.3) is 0 Å². The van der Waals surface area contributed by atoms with Gasteiger partial charge in [-0.25, -0.2) is 13.1 Å². The molecule has 0 spiro atoms. The summed E-state index contributed by atoms with van der Waals surface area (Å²) in [5, 5.41) is 6.68. The van der Waals surface area contributed by atoms with E-state index in [1.807, 2.05) is 0 Å². The average Bonchev–Trinajstić information content (AvgIpc) is 2.91. The number of sulfone groups is 1. The second-order valence-electron chi connectivity index (χ2n) is 7.74. The van der Waals surface area contributed by atoms with Crippen LogP contribution in [0.1, 0.15) is 52.3 Å². The van der Waals surface area contributed by atoms with Crippen molar-refractivity contribution in [3.63, 3.8) is 0 Å². The van der Waals surface area contributed by atoms with Crippen LogP contribution in [0.25, 0.3) is 0 Å². The van der Waals surface area contributed by atoms with Gasteiger partial charge < -0.3 is 9.57 Å². The van der Waals surface area contributed by atoms with Gasteiger partial charge in [-0.2, -0.15) is 18.3 Å². The van der Waals surface area contributed by atoms with Gasteiger partial charge in [0, 0.05) is 13.5 Å². The first kappa shape index (κ1) is 20.5. The fourth-order valence-corrected chi connectivity index (χ4v) is 3.90. The zero-order valence-electron chi connectivity index (χ0n) is 15.4. The third-order valence-corrected chi connectivity index (χ3v) is 5.03. The molecule has 26 heavy (non-hydrogen) atoms. The minimum atomic E-state index is -4.82. The third kappa shape index (κ3) is 4.49. The Balaban J connectivity index is 2.50. The van der Waals surface area contributed by atoms with Gasteiger partial charge in [-0.3, -0.25) is 0 Å². The lowest BCUT2D eigenvalue weighted by Crippen LogP contribution is -2.26. The first-order chi connectivity index (χ1) is 11.5. The Bertz CT molecular complexity index is 834. The molecule has 2 heterocycles. The monoisotopic (exact) mass is 397 g/mol. The Labute approximate surface area is 150 Å². The highest BCUT2D eigenvalue weighted by Crippen LogP contribution is 2.38. The fourth-order valence-electron chi connectivity index (χ4n) is 2.37. The number of hydrogen-bond donors (Lipinski definition) is 0. The lowest BCUT2D eigenvalue weighted by atomic mass is 10.1. The van der Waals surface area contributed by atoms with Crippen molar-refractivity contribution < 1.29 is 31.2 Å². The van der Waals surface area contributed by atoms with E-state index in [4.69, 9.17) is 9.57 Å². The number of aromatic nitrogens is 2. The van der Waals surface area contributed by atoms with Gasteiger partial charge in [0.1, 0.15) is 11.2 Å². The zero-order chi connectivity index (χ0) is 20.1. The van der Waals surface area contributed by atoms with Gasteiger partial charge in [0.2, 0.25) is 5.88 Å². The van der Waals surface area contributed by atoms with Gasteiger partial charge in [-0.1, -0.05) is 5.16 Å². The van der Waals surface area contributed by atoms with Crippen molar-refractivity contribution in [2.45, 2.75) is 64.2 Å². The van der Waals surface area contributed by atoms with E-state index >= 15 is 0 Å². The van der Waals surface area contributed by atoms with E-state index in [1.165, 1.54) is 7.05 Å². The molecule has 0 aliphatic carbocycles. The van der Waals surface area contributed by atoms with Crippen LogP contribution in [0.4, 0.5) is 13.2 Å². The van der Waals surface area contributed by atoms with Gasteiger partial charge in [0.15, 0.2) is 20.6 Å². The van der Waals surface area contributed by atoms with Gasteiger partial charge in [0.05, 0.1) is 11.3 Å². The summed E-state index contributed by atoms with van der Waals surface area (Å²) in [6, 6.07) is 0. The highest BCUT2D eigenvalue weighted by molar-refractivity contribution is 8.05. The summed E-state index contributed by atoms with van der Waals surface area (Å²) in [5.74, 6) is -1.17. The van der Waals surface area contributed by atoms with Crippen molar-refractivity contribution >= 4 is 14.9 Å². The molecule has 1 aliphatic heterocycles. The summed E-state index contributed by atoms with van der Waals surface area (Å²) in [7, 11) is -2.87. The van der Waals surface area contributed by atoms with E-state index < -0.39 is 44.2 Å². The molecule has 2 rings (SSSR count). The van der Waals surface area contributed by atoms with E-state index in [0.717, 1.165) is 4.68 Å². The van der Waals surface area contributed by atoms with E-state index in [-0.39, 0.29) is 17.3 Å². The molecule has 0 atom stereocenters. The van der Waals surface area contributed by atoms with Crippen LogP contribution in [0.2, 0.25) is 0 Å². The van der Waals surface area contributed by atoms with E-state index in [0.29, 0.717) is 0 Å². The molecule has 0 fully saturated rings. The number of ether oxygens (including phenoxy) is 1. The fraction of sp³-hybridized carbons (Fsp3) is 0.733. The topological polar surface area (TPSA) is 82.8 Å². The Hall–Kier alpha value is -1.78. The Kier molecular flexibility index (Phi) is 4.85. The molecular formula is C15H22F3N3O4S. The van der Waals surface area contributed by atoms with Gasteiger partial charge >= 0.3 is 6.18 Å². The number of hydrogen-bond acceptors (Lipinski definition) is 6. The molecule has 7 nitrogen and oxygen atoms in total. The van der Waals surface area contributed by atoms with Crippen molar-refractivity contribution in [2.24, 2.45) is 12.2 Å². The molecule has 1 aromatic rings. The van der Waals surface area contributed by atoms with Crippen LogP contribution in [0.15, 0.2) is 5.16 Å². The normalized spacial score (nSPS) is 17.8. The molecule has 11 heteroatoms. The summed E-state index contributed by atoms with van der Waals surface area (Å²) < 4.78 is 71.8. The molecular weight excluding hydrogens is 375 g/mol. The lowest BCUT2D eigenvalue weighted by molar-refractivity contribution is -0.142. The number of alkyl halides is 3. The number of rotatable bonds is 3. The molecule has 0 saturated heterocycles. The molecule has 0 bridgehead atoms. The second-order valence-corrected chi connectivity index (χ2v) is 9.73. The van der Waals surface area contributed by atoms with Gasteiger partial charge in [-0.15, -0.1) is 0 Å². The predicted octanol–water partition coefficient (Wildman–Crippen LogP) is 3.04. The van der Waals surface area contributed by atoms with Crippen molar-refractivity contribution in [1.29, 1.82) is 0 Å². The van der Waals surface area contributed by atoms with Crippen LogP contribution in [0.5, 0.6) is 5.88 Å². The Morgan fingerprint density at radius 3 is 2.27 bits per heavy atom. The van der Waals surface area contributed by atoms with E-state index in [1.54, 1.807) is 34.6 Å². The van der Waals surface area contributed by atoms with Gasteiger partial charge in [-0.05, 0) is 34.6 Å². The summed E-state index contributed by atoms with van der Waals surface area (Å²) >= 11 is 0. The second kappa shape index (κ2) is 6.14. The minimum absolute atomic E-state index is 0.0214. The third-order valence-electron chi connectivity index (χ3n) is 3.42. The maximum absolute atomic E-state index is 13.4. The molecule has 0 amide bonds. The molecule has 148 valence electrons. The molecule has 0 saturated carbocycles. The lowest BCUT2D eigenvalue weighted by Gasteiger charge is -2.22. The van der Waals surface area contributed by atoms with Crippen LogP contribution < -0.4 is 4.74 Å².